The predicted molar refractivity (Wildman–Crippen MR) is 101 cm³/mol. The molecule has 0 atom stereocenters. The molecule has 140 valence electrons. The number of guanidine groups is 1. The number of carbonyl (C=O) groups excluding carboxylic acids is 1. The summed E-state index contributed by atoms with van der Waals surface area (Å²) in [5, 5.41) is 9.58. The lowest BCUT2D eigenvalue weighted by Crippen LogP contribution is -2.50. The fourth-order valence-electron chi connectivity index (χ4n) is 2.83. The second kappa shape index (κ2) is 10.5. The zero-order chi connectivity index (χ0) is 18.0. The highest BCUT2D eigenvalue weighted by Crippen LogP contribution is 2.20. The number of likely N-dealkylation sites (tertiary alicyclic amines) is 1. The molecule has 0 saturated carbocycles. The monoisotopic (exact) mass is 339 g/mol. The number of hydrogen-bond donors (Lipinski definition) is 3. The minimum atomic E-state index is 0.0927. The lowest BCUT2D eigenvalue weighted by Gasteiger charge is -2.32. The number of nitrogens with one attached hydrogen (secondary N) is 3. The van der Waals surface area contributed by atoms with Crippen molar-refractivity contribution in [3.8, 4) is 0 Å². The number of rotatable bonds is 7. The minimum Gasteiger partial charge on any atom is -0.358 e. The number of hydrogen-bond acceptors (Lipinski definition) is 3. The second-order valence-corrected chi connectivity index (χ2v) is 7.79. The second-order valence-electron chi connectivity index (χ2n) is 7.79. The van der Waals surface area contributed by atoms with Crippen molar-refractivity contribution in [2.24, 2.45) is 10.4 Å². The van der Waals surface area contributed by atoms with Crippen LogP contribution in [0, 0.1) is 5.41 Å². The zero-order valence-corrected chi connectivity index (χ0v) is 16.2. The Labute approximate surface area is 147 Å². The molecule has 0 aromatic carbocycles. The third-order valence-electron chi connectivity index (χ3n) is 4.27. The van der Waals surface area contributed by atoms with Crippen molar-refractivity contribution in [1.82, 2.24) is 20.9 Å². The number of aliphatic imine (C=N–C) groups is 1. The molecular formula is C18H37N5O. The van der Waals surface area contributed by atoms with Crippen LogP contribution in [0.15, 0.2) is 4.99 Å². The van der Waals surface area contributed by atoms with Gasteiger partial charge in [0, 0.05) is 39.3 Å². The Morgan fingerprint density at radius 2 is 1.92 bits per heavy atom. The molecule has 0 bridgehead atoms. The van der Waals surface area contributed by atoms with Crippen LogP contribution in [-0.4, -0.2) is 62.6 Å². The molecule has 1 aliphatic rings. The van der Waals surface area contributed by atoms with Gasteiger partial charge in [0.05, 0.1) is 6.54 Å². The van der Waals surface area contributed by atoms with Gasteiger partial charge in [0.2, 0.25) is 5.91 Å². The standard InChI is InChI=1S/C18H37N5O/c1-6-20-17(21-11-7-10-18(2,3)4)22-15-8-12-23(13-9-15)14-16(24)19-5/h15H,6-14H2,1-5H3,(H,19,24)(H2,20,21,22). The summed E-state index contributed by atoms with van der Waals surface area (Å²) in [5.74, 6) is 1.02. The SMILES string of the molecule is CCNC(=NCCCC(C)(C)C)NC1CCN(CC(=O)NC)CC1. The minimum absolute atomic E-state index is 0.0927. The summed E-state index contributed by atoms with van der Waals surface area (Å²) in [6.45, 7) is 13.1. The summed E-state index contributed by atoms with van der Waals surface area (Å²) < 4.78 is 0. The largest absolute Gasteiger partial charge is 0.358 e. The average molecular weight is 340 g/mol. The van der Waals surface area contributed by atoms with Crippen LogP contribution in [0.4, 0.5) is 0 Å². The average Bonchev–Trinajstić information content (AvgIpc) is 2.52. The highest BCUT2D eigenvalue weighted by Gasteiger charge is 2.21. The molecule has 0 aromatic rings. The van der Waals surface area contributed by atoms with Crippen molar-refractivity contribution in [2.45, 2.75) is 59.4 Å². The summed E-state index contributed by atoms with van der Waals surface area (Å²) >= 11 is 0. The van der Waals surface area contributed by atoms with E-state index in [1.165, 1.54) is 6.42 Å². The topological polar surface area (TPSA) is 68.8 Å². The van der Waals surface area contributed by atoms with E-state index >= 15 is 0 Å². The van der Waals surface area contributed by atoms with Gasteiger partial charge in [-0.15, -0.1) is 0 Å². The summed E-state index contributed by atoms with van der Waals surface area (Å²) in [5.41, 5.74) is 0.374. The summed E-state index contributed by atoms with van der Waals surface area (Å²) in [6.07, 6.45) is 4.39. The van der Waals surface area contributed by atoms with Crippen LogP contribution < -0.4 is 16.0 Å². The highest BCUT2D eigenvalue weighted by atomic mass is 16.1. The molecule has 1 saturated heterocycles. The molecule has 1 amide bonds. The summed E-state index contributed by atoms with van der Waals surface area (Å²) in [4.78, 5) is 18.4. The van der Waals surface area contributed by atoms with Crippen molar-refractivity contribution in [2.75, 3.05) is 39.8 Å². The van der Waals surface area contributed by atoms with Crippen LogP contribution >= 0.6 is 0 Å². The molecule has 0 spiro atoms. The van der Waals surface area contributed by atoms with Gasteiger partial charge in [0.1, 0.15) is 0 Å². The normalized spacial score (nSPS) is 17.6. The van der Waals surface area contributed by atoms with Gasteiger partial charge in [0.15, 0.2) is 5.96 Å². The Morgan fingerprint density at radius 3 is 2.46 bits per heavy atom. The zero-order valence-electron chi connectivity index (χ0n) is 16.2. The van der Waals surface area contributed by atoms with Gasteiger partial charge in [-0.05, 0) is 38.0 Å². The molecule has 0 radical (unpaired) electrons. The molecule has 6 heteroatoms. The van der Waals surface area contributed by atoms with Crippen LogP contribution in [0.3, 0.4) is 0 Å². The van der Waals surface area contributed by atoms with Crippen molar-refractivity contribution < 1.29 is 4.79 Å². The van der Waals surface area contributed by atoms with E-state index in [4.69, 9.17) is 4.99 Å². The van der Waals surface area contributed by atoms with Crippen LogP contribution in [0.25, 0.3) is 0 Å². The van der Waals surface area contributed by atoms with E-state index in [-0.39, 0.29) is 5.91 Å². The Kier molecular flexibility index (Phi) is 9.11. The van der Waals surface area contributed by atoms with E-state index in [1.807, 2.05) is 0 Å². The number of amides is 1. The van der Waals surface area contributed by atoms with Crippen LogP contribution in [0.1, 0.15) is 53.4 Å². The van der Waals surface area contributed by atoms with Gasteiger partial charge in [0.25, 0.3) is 0 Å². The van der Waals surface area contributed by atoms with Crippen molar-refractivity contribution in [3.05, 3.63) is 0 Å². The lowest BCUT2D eigenvalue weighted by molar-refractivity contribution is -0.122. The lowest BCUT2D eigenvalue weighted by atomic mass is 9.91. The van der Waals surface area contributed by atoms with Crippen molar-refractivity contribution in [1.29, 1.82) is 0 Å². The third-order valence-corrected chi connectivity index (χ3v) is 4.27. The predicted octanol–water partition coefficient (Wildman–Crippen LogP) is 1.58. The van der Waals surface area contributed by atoms with E-state index in [0.717, 1.165) is 51.4 Å². The molecule has 1 aliphatic heterocycles. The van der Waals surface area contributed by atoms with Crippen LogP contribution in [0.5, 0.6) is 0 Å². The Bertz CT molecular complexity index is 395. The molecule has 6 nitrogen and oxygen atoms in total. The first-order valence-corrected chi connectivity index (χ1v) is 9.32. The van der Waals surface area contributed by atoms with Gasteiger partial charge < -0.3 is 16.0 Å². The maximum atomic E-state index is 11.4. The van der Waals surface area contributed by atoms with Gasteiger partial charge in [-0.25, -0.2) is 0 Å². The Hall–Kier alpha value is -1.30. The number of carbonyl (C=O) groups is 1. The first-order chi connectivity index (χ1) is 11.3. The van der Waals surface area contributed by atoms with Crippen molar-refractivity contribution >= 4 is 11.9 Å². The molecule has 0 aliphatic carbocycles. The molecule has 3 N–H and O–H groups in total. The maximum absolute atomic E-state index is 11.4. The van der Waals surface area contributed by atoms with E-state index in [1.54, 1.807) is 7.05 Å². The molecule has 0 aromatic heterocycles. The summed E-state index contributed by atoms with van der Waals surface area (Å²) in [7, 11) is 1.69. The van der Waals surface area contributed by atoms with E-state index < -0.39 is 0 Å². The van der Waals surface area contributed by atoms with E-state index in [9.17, 15) is 4.79 Å². The molecular weight excluding hydrogens is 302 g/mol. The number of piperidine rings is 1. The van der Waals surface area contributed by atoms with Crippen LogP contribution in [-0.2, 0) is 4.79 Å². The Balaban J connectivity index is 2.36. The maximum Gasteiger partial charge on any atom is 0.233 e. The summed E-state index contributed by atoms with van der Waals surface area (Å²) in [6, 6.07) is 0.436. The van der Waals surface area contributed by atoms with Gasteiger partial charge in [-0.2, -0.15) is 0 Å². The molecule has 1 rings (SSSR count). The van der Waals surface area contributed by atoms with Crippen molar-refractivity contribution in [3.63, 3.8) is 0 Å². The van der Waals surface area contributed by atoms with Crippen LogP contribution in [0.2, 0.25) is 0 Å². The first kappa shape index (κ1) is 20.7. The number of nitrogens with zero attached hydrogens (tertiary/aromatic N) is 2. The molecule has 1 fully saturated rings. The molecule has 24 heavy (non-hydrogen) atoms. The van der Waals surface area contributed by atoms with Gasteiger partial charge >= 0.3 is 0 Å². The molecule has 0 unspecified atom stereocenters. The number of likely N-dealkylation sites (N-methyl/N-ethyl adjacent to an activating group) is 1. The van der Waals surface area contributed by atoms with E-state index in [2.05, 4.69) is 48.5 Å². The van der Waals surface area contributed by atoms with E-state index in [0.29, 0.717) is 18.0 Å². The fourth-order valence-corrected chi connectivity index (χ4v) is 2.83. The quantitative estimate of drug-likeness (QED) is 0.374. The molecule has 1 heterocycles. The van der Waals surface area contributed by atoms with Gasteiger partial charge in [-0.1, -0.05) is 20.8 Å². The smallest absolute Gasteiger partial charge is 0.233 e. The first-order valence-electron chi connectivity index (χ1n) is 9.32. The Morgan fingerprint density at radius 1 is 1.25 bits per heavy atom. The highest BCUT2D eigenvalue weighted by molar-refractivity contribution is 5.80. The third kappa shape index (κ3) is 9.11. The van der Waals surface area contributed by atoms with Gasteiger partial charge in [-0.3, -0.25) is 14.7 Å². The fraction of sp³-hybridized carbons (Fsp3) is 0.889.